The Labute approximate surface area is 119 Å². The Morgan fingerprint density at radius 3 is 2.61 bits per heavy atom. The Morgan fingerprint density at radius 2 is 2.00 bits per heavy atom. The van der Waals surface area contributed by atoms with Gasteiger partial charge in [-0.05, 0) is 43.5 Å². The molecule has 0 unspecified atom stereocenters. The van der Waals surface area contributed by atoms with E-state index in [9.17, 15) is 4.79 Å². The van der Waals surface area contributed by atoms with Crippen LogP contribution in [0, 0.1) is 6.92 Å². The van der Waals surface area contributed by atoms with Crippen molar-refractivity contribution in [1.82, 2.24) is 4.90 Å². The summed E-state index contributed by atoms with van der Waals surface area (Å²) in [4.78, 5) is 14.0. The van der Waals surface area contributed by atoms with Crippen LogP contribution in [-0.4, -0.2) is 30.3 Å². The van der Waals surface area contributed by atoms with Crippen LogP contribution in [0.25, 0.3) is 0 Å². The Hall–Kier alpha value is -0.730. The van der Waals surface area contributed by atoms with Crippen molar-refractivity contribution >= 4 is 29.1 Å². The molecule has 0 bridgehead atoms. The van der Waals surface area contributed by atoms with Crippen LogP contribution < -0.4 is 0 Å². The monoisotopic (exact) mass is 287 g/mol. The average Bonchev–Trinajstić information content (AvgIpc) is 2.33. The van der Waals surface area contributed by atoms with E-state index in [4.69, 9.17) is 23.2 Å². The molecule has 100 valence electrons. The Balaban J connectivity index is 2.57. The zero-order valence-electron chi connectivity index (χ0n) is 10.9. The number of carbonyl (C=O) groups excluding carboxylic acids is 1. The molecule has 0 radical (unpaired) electrons. The normalized spacial score (nSPS) is 10.4. The van der Waals surface area contributed by atoms with Crippen LogP contribution in [0.4, 0.5) is 0 Å². The van der Waals surface area contributed by atoms with E-state index in [0.29, 0.717) is 10.9 Å². The second-order valence-electron chi connectivity index (χ2n) is 4.44. The zero-order chi connectivity index (χ0) is 13.5. The van der Waals surface area contributed by atoms with Crippen LogP contribution in [0.1, 0.15) is 35.2 Å². The molecular formula is C14H19Cl2NO. The molecule has 1 aromatic rings. The number of rotatable bonds is 6. The highest BCUT2D eigenvalue weighted by molar-refractivity contribution is 6.30. The highest BCUT2D eigenvalue weighted by Crippen LogP contribution is 2.16. The number of benzene rings is 1. The molecule has 4 heteroatoms. The molecule has 0 aliphatic carbocycles. The van der Waals surface area contributed by atoms with Gasteiger partial charge in [-0.15, -0.1) is 11.6 Å². The number of halogens is 2. The van der Waals surface area contributed by atoms with E-state index < -0.39 is 0 Å². The van der Waals surface area contributed by atoms with Crippen molar-refractivity contribution < 1.29 is 4.79 Å². The molecule has 0 atom stereocenters. The van der Waals surface area contributed by atoms with Gasteiger partial charge in [0.25, 0.3) is 5.91 Å². The summed E-state index contributed by atoms with van der Waals surface area (Å²) < 4.78 is 0. The Kier molecular flexibility index (Phi) is 6.51. The number of aryl methyl sites for hydroxylation is 1. The van der Waals surface area contributed by atoms with Gasteiger partial charge in [0.05, 0.1) is 0 Å². The molecule has 0 fully saturated rings. The number of unbranched alkanes of at least 4 members (excludes halogenated alkanes) is 2. The van der Waals surface area contributed by atoms with Crippen LogP contribution in [0.2, 0.25) is 5.02 Å². The Bertz CT molecular complexity index is 407. The molecule has 0 heterocycles. The minimum Gasteiger partial charge on any atom is -0.342 e. The highest BCUT2D eigenvalue weighted by atomic mass is 35.5. The lowest BCUT2D eigenvalue weighted by atomic mass is 10.1. The number of hydrogen-bond donors (Lipinski definition) is 0. The molecule has 0 aliphatic heterocycles. The maximum Gasteiger partial charge on any atom is 0.253 e. The molecule has 1 rings (SSSR count). The van der Waals surface area contributed by atoms with Gasteiger partial charge >= 0.3 is 0 Å². The number of nitrogens with zero attached hydrogens (tertiary/aromatic N) is 1. The van der Waals surface area contributed by atoms with Crippen molar-refractivity contribution in [3.8, 4) is 0 Å². The van der Waals surface area contributed by atoms with Crippen molar-refractivity contribution in [2.24, 2.45) is 0 Å². The van der Waals surface area contributed by atoms with Crippen LogP contribution in [-0.2, 0) is 0 Å². The molecular weight excluding hydrogens is 269 g/mol. The fraction of sp³-hybridized carbons (Fsp3) is 0.500. The number of amides is 1. The minimum absolute atomic E-state index is 0.0510. The number of hydrogen-bond acceptors (Lipinski definition) is 1. The lowest BCUT2D eigenvalue weighted by molar-refractivity contribution is 0.0792. The largest absolute Gasteiger partial charge is 0.342 e. The average molecular weight is 288 g/mol. The van der Waals surface area contributed by atoms with Crippen LogP contribution >= 0.6 is 23.2 Å². The van der Waals surface area contributed by atoms with E-state index in [2.05, 4.69) is 0 Å². The first-order valence-electron chi connectivity index (χ1n) is 6.14. The van der Waals surface area contributed by atoms with Crippen LogP contribution in [0.15, 0.2) is 18.2 Å². The van der Waals surface area contributed by atoms with Gasteiger partial charge in [0.1, 0.15) is 0 Å². The predicted molar refractivity (Wildman–Crippen MR) is 77.7 cm³/mol. The van der Waals surface area contributed by atoms with E-state index in [1.165, 1.54) is 0 Å². The quantitative estimate of drug-likeness (QED) is 0.569. The standard InChI is InChI=1S/C14H19Cl2NO/c1-11-10-12(16)6-7-13(11)14(18)17(2)9-5-3-4-8-15/h6-7,10H,3-5,8-9H2,1-2H3. The van der Waals surface area contributed by atoms with Crippen LogP contribution in [0.5, 0.6) is 0 Å². The summed E-state index contributed by atoms with van der Waals surface area (Å²) in [5.41, 5.74) is 1.64. The van der Waals surface area contributed by atoms with Crippen molar-refractivity contribution in [3.05, 3.63) is 34.3 Å². The van der Waals surface area contributed by atoms with Crippen LogP contribution in [0.3, 0.4) is 0 Å². The van der Waals surface area contributed by atoms with Crippen molar-refractivity contribution in [2.75, 3.05) is 19.5 Å². The zero-order valence-corrected chi connectivity index (χ0v) is 12.4. The molecule has 0 N–H and O–H groups in total. The molecule has 0 saturated heterocycles. The lowest BCUT2D eigenvalue weighted by Gasteiger charge is -2.18. The third-order valence-corrected chi connectivity index (χ3v) is 3.40. The molecule has 0 aromatic heterocycles. The summed E-state index contributed by atoms with van der Waals surface area (Å²) in [5.74, 6) is 0.739. The predicted octanol–water partition coefficient (Wildman–Crippen LogP) is 4.13. The fourth-order valence-corrected chi connectivity index (χ4v) is 2.21. The molecule has 1 aromatic carbocycles. The van der Waals surface area contributed by atoms with Gasteiger partial charge in [-0.3, -0.25) is 4.79 Å². The number of alkyl halides is 1. The third-order valence-electron chi connectivity index (χ3n) is 2.89. The van der Waals surface area contributed by atoms with E-state index in [0.717, 1.165) is 36.9 Å². The van der Waals surface area contributed by atoms with Gasteiger partial charge in [0.2, 0.25) is 0 Å². The lowest BCUT2D eigenvalue weighted by Crippen LogP contribution is -2.28. The van der Waals surface area contributed by atoms with E-state index >= 15 is 0 Å². The van der Waals surface area contributed by atoms with E-state index in [1.807, 2.05) is 20.0 Å². The third kappa shape index (κ3) is 4.51. The second-order valence-corrected chi connectivity index (χ2v) is 5.25. The van der Waals surface area contributed by atoms with Crippen molar-refractivity contribution in [2.45, 2.75) is 26.2 Å². The second kappa shape index (κ2) is 7.65. The number of carbonyl (C=O) groups is 1. The van der Waals surface area contributed by atoms with Gasteiger partial charge in [-0.1, -0.05) is 18.0 Å². The summed E-state index contributed by atoms with van der Waals surface area (Å²) in [6, 6.07) is 5.36. The smallest absolute Gasteiger partial charge is 0.253 e. The van der Waals surface area contributed by atoms with Crippen molar-refractivity contribution in [1.29, 1.82) is 0 Å². The Morgan fingerprint density at radius 1 is 1.28 bits per heavy atom. The highest BCUT2D eigenvalue weighted by Gasteiger charge is 2.13. The SMILES string of the molecule is Cc1cc(Cl)ccc1C(=O)N(C)CCCCCCl. The first kappa shape index (κ1) is 15.3. The maximum absolute atomic E-state index is 12.2. The van der Waals surface area contributed by atoms with Gasteiger partial charge in [0, 0.05) is 30.1 Å². The summed E-state index contributed by atoms with van der Waals surface area (Å²) in [6.07, 6.45) is 3.05. The first-order chi connectivity index (χ1) is 8.56. The van der Waals surface area contributed by atoms with Gasteiger partial charge < -0.3 is 4.90 Å². The molecule has 18 heavy (non-hydrogen) atoms. The van der Waals surface area contributed by atoms with Crippen molar-refractivity contribution in [3.63, 3.8) is 0 Å². The summed E-state index contributed by atoms with van der Waals surface area (Å²) >= 11 is 11.5. The topological polar surface area (TPSA) is 20.3 Å². The van der Waals surface area contributed by atoms with E-state index in [1.54, 1.807) is 17.0 Å². The molecule has 0 saturated carbocycles. The molecule has 1 amide bonds. The van der Waals surface area contributed by atoms with Gasteiger partial charge in [-0.2, -0.15) is 0 Å². The maximum atomic E-state index is 12.2. The molecule has 2 nitrogen and oxygen atoms in total. The summed E-state index contributed by atoms with van der Waals surface area (Å²) in [5, 5.41) is 0.661. The minimum atomic E-state index is 0.0510. The van der Waals surface area contributed by atoms with Gasteiger partial charge in [0.15, 0.2) is 0 Å². The van der Waals surface area contributed by atoms with Gasteiger partial charge in [-0.25, -0.2) is 0 Å². The molecule has 0 aliphatic rings. The van der Waals surface area contributed by atoms with E-state index in [-0.39, 0.29) is 5.91 Å². The fourth-order valence-electron chi connectivity index (χ4n) is 1.79. The summed E-state index contributed by atoms with van der Waals surface area (Å²) in [6.45, 7) is 2.66. The molecule has 0 spiro atoms. The summed E-state index contributed by atoms with van der Waals surface area (Å²) in [7, 11) is 1.83. The first-order valence-corrected chi connectivity index (χ1v) is 7.05.